The van der Waals surface area contributed by atoms with Crippen LogP contribution in [-0.4, -0.2) is 17.3 Å². The second-order valence-corrected chi connectivity index (χ2v) is 5.77. The molecule has 4 heteroatoms. The second-order valence-electron chi connectivity index (χ2n) is 4.72. The van der Waals surface area contributed by atoms with Gasteiger partial charge in [0.25, 0.3) is 0 Å². The Morgan fingerprint density at radius 2 is 1.88 bits per heavy atom. The Kier molecular flexibility index (Phi) is 5.02. The van der Waals surface area contributed by atoms with E-state index in [-0.39, 0.29) is 5.97 Å². The molecule has 94 valence electrons. The zero-order valence-electron chi connectivity index (χ0n) is 10.5. The average Bonchev–Trinajstić information content (AvgIpc) is 2.25. The lowest BCUT2D eigenvalue weighted by molar-refractivity contribution is -0.151. The van der Waals surface area contributed by atoms with Gasteiger partial charge in [0.2, 0.25) is 0 Å². The van der Waals surface area contributed by atoms with Crippen molar-refractivity contribution in [2.75, 3.05) is 5.75 Å². The molecule has 0 heterocycles. The minimum Gasteiger partial charge on any atom is -0.459 e. The van der Waals surface area contributed by atoms with E-state index >= 15 is 0 Å². The number of carbonyl (C=O) groups is 1. The Bertz CT molecular complexity index is 368. The van der Waals surface area contributed by atoms with E-state index < -0.39 is 5.60 Å². The maximum absolute atomic E-state index is 11.5. The normalized spacial score (nSPS) is 11.3. The fourth-order valence-corrected chi connectivity index (χ4v) is 1.91. The Hall–Kier alpha value is -1.00. The number of benzene rings is 1. The largest absolute Gasteiger partial charge is 0.459 e. The van der Waals surface area contributed by atoms with E-state index in [0.717, 1.165) is 10.5 Å². The molecule has 0 fully saturated rings. The summed E-state index contributed by atoms with van der Waals surface area (Å²) in [7, 11) is 0. The van der Waals surface area contributed by atoms with Crippen molar-refractivity contribution in [3.63, 3.8) is 0 Å². The monoisotopic (exact) mass is 253 g/mol. The SMILES string of the molecule is CC(C)(C)OC(=O)CSc1ccc(CN)cc1. The predicted molar refractivity (Wildman–Crippen MR) is 70.9 cm³/mol. The Morgan fingerprint density at radius 3 is 2.35 bits per heavy atom. The summed E-state index contributed by atoms with van der Waals surface area (Å²) in [5.74, 6) is 0.143. The number of hydrogen-bond acceptors (Lipinski definition) is 4. The molecule has 3 nitrogen and oxygen atoms in total. The van der Waals surface area contributed by atoms with E-state index in [9.17, 15) is 4.79 Å². The minimum atomic E-state index is -0.416. The number of nitrogens with two attached hydrogens (primary N) is 1. The first kappa shape index (κ1) is 14.1. The lowest BCUT2D eigenvalue weighted by atomic mass is 10.2. The molecule has 0 saturated carbocycles. The zero-order valence-corrected chi connectivity index (χ0v) is 11.3. The summed E-state index contributed by atoms with van der Waals surface area (Å²) in [4.78, 5) is 12.5. The number of thioether (sulfide) groups is 1. The molecule has 0 aromatic heterocycles. The van der Waals surface area contributed by atoms with Gasteiger partial charge >= 0.3 is 5.97 Å². The summed E-state index contributed by atoms with van der Waals surface area (Å²) in [5.41, 5.74) is 6.18. The van der Waals surface area contributed by atoms with E-state index in [1.807, 2.05) is 45.0 Å². The molecule has 1 aromatic rings. The van der Waals surface area contributed by atoms with Crippen molar-refractivity contribution in [1.29, 1.82) is 0 Å². The van der Waals surface area contributed by atoms with Gasteiger partial charge in [-0.15, -0.1) is 11.8 Å². The molecule has 1 aromatic carbocycles. The smallest absolute Gasteiger partial charge is 0.316 e. The van der Waals surface area contributed by atoms with Crippen LogP contribution in [0.1, 0.15) is 26.3 Å². The van der Waals surface area contributed by atoms with Gasteiger partial charge in [0.1, 0.15) is 5.60 Å². The standard InChI is InChI=1S/C13H19NO2S/c1-13(2,3)16-12(15)9-17-11-6-4-10(8-14)5-7-11/h4-7H,8-9,14H2,1-3H3. The molecule has 0 unspecified atom stereocenters. The van der Waals surface area contributed by atoms with Gasteiger partial charge in [0, 0.05) is 11.4 Å². The van der Waals surface area contributed by atoms with Gasteiger partial charge in [-0.1, -0.05) is 12.1 Å². The van der Waals surface area contributed by atoms with Crippen molar-refractivity contribution in [3.05, 3.63) is 29.8 Å². The van der Waals surface area contributed by atoms with Gasteiger partial charge < -0.3 is 10.5 Å². The van der Waals surface area contributed by atoms with Crippen molar-refractivity contribution in [2.24, 2.45) is 5.73 Å². The van der Waals surface area contributed by atoms with Crippen LogP contribution >= 0.6 is 11.8 Å². The highest BCUT2D eigenvalue weighted by molar-refractivity contribution is 8.00. The molecule has 0 spiro atoms. The van der Waals surface area contributed by atoms with Crippen LogP contribution in [0.5, 0.6) is 0 Å². The molecule has 0 radical (unpaired) electrons. The first-order chi connectivity index (χ1) is 7.90. The number of carbonyl (C=O) groups excluding carboxylic acids is 1. The Morgan fingerprint density at radius 1 is 1.29 bits per heavy atom. The van der Waals surface area contributed by atoms with E-state index in [1.165, 1.54) is 11.8 Å². The van der Waals surface area contributed by atoms with Crippen LogP contribution < -0.4 is 5.73 Å². The summed E-state index contributed by atoms with van der Waals surface area (Å²) in [5, 5.41) is 0. The highest BCUT2D eigenvalue weighted by Crippen LogP contribution is 2.19. The zero-order chi connectivity index (χ0) is 12.9. The van der Waals surface area contributed by atoms with Crippen LogP contribution in [0.25, 0.3) is 0 Å². The van der Waals surface area contributed by atoms with Gasteiger partial charge in [-0.2, -0.15) is 0 Å². The van der Waals surface area contributed by atoms with Crippen molar-refractivity contribution < 1.29 is 9.53 Å². The fourth-order valence-electron chi connectivity index (χ4n) is 1.23. The fraction of sp³-hybridized carbons (Fsp3) is 0.462. The highest BCUT2D eigenvalue weighted by Gasteiger charge is 2.16. The Balaban J connectivity index is 2.42. The lowest BCUT2D eigenvalue weighted by Crippen LogP contribution is -2.24. The molecule has 0 amide bonds. The van der Waals surface area contributed by atoms with Gasteiger partial charge in [0.15, 0.2) is 0 Å². The molecule has 0 aliphatic heterocycles. The number of hydrogen-bond donors (Lipinski definition) is 1. The van der Waals surface area contributed by atoms with Crippen molar-refractivity contribution >= 4 is 17.7 Å². The average molecular weight is 253 g/mol. The molecule has 0 aliphatic carbocycles. The van der Waals surface area contributed by atoms with Crippen LogP contribution in [-0.2, 0) is 16.1 Å². The van der Waals surface area contributed by atoms with Crippen molar-refractivity contribution in [2.45, 2.75) is 37.8 Å². The maximum Gasteiger partial charge on any atom is 0.316 e. The summed E-state index contributed by atoms with van der Waals surface area (Å²) in [6.07, 6.45) is 0. The van der Waals surface area contributed by atoms with Crippen LogP contribution in [0.2, 0.25) is 0 Å². The van der Waals surface area contributed by atoms with E-state index in [1.54, 1.807) is 0 Å². The summed E-state index contributed by atoms with van der Waals surface area (Å²) in [6.45, 7) is 6.14. The predicted octanol–water partition coefficient (Wildman–Crippen LogP) is 2.58. The van der Waals surface area contributed by atoms with Gasteiger partial charge in [-0.3, -0.25) is 4.79 Å². The molecule has 0 aliphatic rings. The van der Waals surface area contributed by atoms with Gasteiger partial charge in [-0.25, -0.2) is 0 Å². The summed E-state index contributed by atoms with van der Waals surface area (Å²) >= 11 is 1.47. The third kappa shape index (κ3) is 5.75. The first-order valence-electron chi connectivity index (χ1n) is 5.54. The number of rotatable bonds is 4. The molecular formula is C13H19NO2S. The first-order valence-corrected chi connectivity index (χ1v) is 6.53. The third-order valence-electron chi connectivity index (χ3n) is 1.94. The molecular weight excluding hydrogens is 234 g/mol. The van der Waals surface area contributed by atoms with E-state index in [2.05, 4.69) is 0 Å². The van der Waals surface area contributed by atoms with E-state index in [4.69, 9.17) is 10.5 Å². The molecule has 0 bridgehead atoms. The second kappa shape index (κ2) is 6.07. The summed E-state index contributed by atoms with van der Waals surface area (Å²) in [6, 6.07) is 7.88. The van der Waals surface area contributed by atoms with Crippen molar-refractivity contribution in [3.8, 4) is 0 Å². The topological polar surface area (TPSA) is 52.3 Å². The maximum atomic E-state index is 11.5. The number of esters is 1. The van der Waals surface area contributed by atoms with Crippen LogP contribution in [0.3, 0.4) is 0 Å². The molecule has 17 heavy (non-hydrogen) atoms. The number of ether oxygens (including phenoxy) is 1. The third-order valence-corrected chi connectivity index (χ3v) is 2.92. The molecule has 2 N–H and O–H groups in total. The molecule has 1 rings (SSSR count). The van der Waals surface area contributed by atoms with Crippen LogP contribution in [0, 0.1) is 0 Å². The van der Waals surface area contributed by atoms with Crippen LogP contribution in [0.4, 0.5) is 0 Å². The molecule has 0 saturated heterocycles. The highest BCUT2D eigenvalue weighted by atomic mass is 32.2. The van der Waals surface area contributed by atoms with Crippen molar-refractivity contribution in [1.82, 2.24) is 0 Å². The summed E-state index contributed by atoms with van der Waals surface area (Å²) < 4.78 is 5.22. The van der Waals surface area contributed by atoms with Crippen LogP contribution in [0.15, 0.2) is 29.2 Å². The Labute approximate surface area is 107 Å². The van der Waals surface area contributed by atoms with Gasteiger partial charge in [-0.05, 0) is 38.5 Å². The quantitative estimate of drug-likeness (QED) is 0.662. The minimum absolute atomic E-state index is 0.189. The van der Waals surface area contributed by atoms with Gasteiger partial charge in [0.05, 0.1) is 5.75 Å². The molecule has 0 atom stereocenters. The van der Waals surface area contributed by atoms with E-state index in [0.29, 0.717) is 12.3 Å². The lowest BCUT2D eigenvalue weighted by Gasteiger charge is -2.19.